The van der Waals surface area contributed by atoms with Crippen molar-refractivity contribution in [3.8, 4) is 0 Å². The number of carbonyl (C=O) groups excluding carboxylic acids is 1. The Morgan fingerprint density at radius 1 is 1.17 bits per heavy atom. The van der Waals surface area contributed by atoms with Crippen LogP contribution in [-0.4, -0.2) is 11.0 Å². The van der Waals surface area contributed by atoms with E-state index in [4.69, 9.17) is 5.73 Å². The Labute approximate surface area is 103 Å². The highest BCUT2D eigenvalue weighted by molar-refractivity contribution is 6.00. The number of nitrogens with one attached hydrogen (secondary N) is 2. The molecule has 0 radical (unpaired) electrons. The Morgan fingerprint density at radius 3 is 2.67 bits per heavy atom. The molecule has 5 nitrogen and oxygen atoms in total. The molecule has 2 aromatic rings. The summed E-state index contributed by atoms with van der Waals surface area (Å²) >= 11 is 0. The number of halogens is 1. The molecule has 0 saturated heterocycles. The van der Waals surface area contributed by atoms with Gasteiger partial charge in [0.25, 0.3) is 0 Å². The monoisotopic (exact) mass is 246 g/mol. The van der Waals surface area contributed by atoms with E-state index in [-0.39, 0.29) is 11.5 Å². The SMILES string of the molecule is Nc1cccnc1NC(=O)Nc1ccccc1F. The summed E-state index contributed by atoms with van der Waals surface area (Å²) in [6.45, 7) is 0. The fourth-order valence-corrected chi connectivity index (χ4v) is 1.35. The van der Waals surface area contributed by atoms with Gasteiger partial charge in [-0.1, -0.05) is 12.1 Å². The van der Waals surface area contributed by atoms with Gasteiger partial charge in [0, 0.05) is 6.20 Å². The third-order valence-electron chi connectivity index (χ3n) is 2.19. The van der Waals surface area contributed by atoms with E-state index in [0.29, 0.717) is 5.69 Å². The van der Waals surface area contributed by atoms with E-state index < -0.39 is 11.8 Å². The number of anilines is 3. The van der Waals surface area contributed by atoms with Crippen LogP contribution in [0, 0.1) is 5.82 Å². The van der Waals surface area contributed by atoms with Crippen molar-refractivity contribution in [1.29, 1.82) is 0 Å². The molecule has 4 N–H and O–H groups in total. The van der Waals surface area contributed by atoms with Crippen molar-refractivity contribution in [3.63, 3.8) is 0 Å². The zero-order valence-electron chi connectivity index (χ0n) is 9.35. The largest absolute Gasteiger partial charge is 0.396 e. The summed E-state index contributed by atoms with van der Waals surface area (Å²) in [5, 5.41) is 4.80. The van der Waals surface area contributed by atoms with E-state index in [9.17, 15) is 9.18 Å². The minimum Gasteiger partial charge on any atom is -0.396 e. The van der Waals surface area contributed by atoms with E-state index in [2.05, 4.69) is 15.6 Å². The topological polar surface area (TPSA) is 80.0 Å². The second-order valence-electron chi connectivity index (χ2n) is 3.50. The van der Waals surface area contributed by atoms with Crippen LogP contribution in [0.15, 0.2) is 42.6 Å². The van der Waals surface area contributed by atoms with E-state index in [1.165, 1.54) is 24.4 Å². The minimum atomic E-state index is -0.606. The highest BCUT2D eigenvalue weighted by atomic mass is 19.1. The molecule has 6 heteroatoms. The lowest BCUT2D eigenvalue weighted by atomic mass is 10.3. The molecule has 0 fully saturated rings. The van der Waals surface area contributed by atoms with E-state index in [1.54, 1.807) is 18.2 Å². The molecule has 0 aliphatic carbocycles. The Hall–Kier alpha value is -2.63. The average molecular weight is 246 g/mol. The minimum absolute atomic E-state index is 0.0875. The molecule has 0 saturated carbocycles. The molecule has 2 amide bonds. The Kier molecular flexibility index (Phi) is 3.38. The van der Waals surface area contributed by atoms with Gasteiger partial charge in [-0.25, -0.2) is 14.2 Å². The maximum atomic E-state index is 13.3. The van der Waals surface area contributed by atoms with Crippen LogP contribution in [-0.2, 0) is 0 Å². The fourth-order valence-electron chi connectivity index (χ4n) is 1.35. The summed E-state index contributed by atoms with van der Waals surface area (Å²) in [6.07, 6.45) is 1.50. The molecule has 0 atom stereocenters. The number of nitrogen functional groups attached to an aromatic ring is 1. The van der Waals surface area contributed by atoms with Crippen LogP contribution in [0.3, 0.4) is 0 Å². The molecule has 0 spiro atoms. The van der Waals surface area contributed by atoms with Gasteiger partial charge in [-0.2, -0.15) is 0 Å². The summed E-state index contributed by atoms with van der Waals surface area (Å²) in [5.74, 6) is -0.284. The number of hydrogen-bond donors (Lipinski definition) is 3. The summed E-state index contributed by atoms with van der Waals surface area (Å²) < 4.78 is 13.3. The van der Waals surface area contributed by atoms with Gasteiger partial charge in [-0.3, -0.25) is 5.32 Å². The highest BCUT2D eigenvalue weighted by Crippen LogP contribution is 2.15. The average Bonchev–Trinajstić information content (AvgIpc) is 2.35. The van der Waals surface area contributed by atoms with Crippen molar-refractivity contribution in [2.24, 2.45) is 0 Å². The van der Waals surface area contributed by atoms with Crippen LogP contribution >= 0.6 is 0 Å². The molecule has 1 heterocycles. The smallest absolute Gasteiger partial charge is 0.324 e. The number of amides is 2. The summed E-state index contributed by atoms with van der Waals surface area (Å²) in [4.78, 5) is 15.5. The van der Waals surface area contributed by atoms with Crippen molar-refractivity contribution < 1.29 is 9.18 Å². The predicted molar refractivity (Wildman–Crippen MR) is 67.7 cm³/mol. The molecular weight excluding hydrogens is 235 g/mol. The first kappa shape index (κ1) is 11.8. The lowest BCUT2D eigenvalue weighted by molar-refractivity contribution is 0.262. The van der Waals surface area contributed by atoms with Crippen molar-refractivity contribution in [3.05, 3.63) is 48.4 Å². The lowest BCUT2D eigenvalue weighted by Gasteiger charge is -2.08. The first-order chi connectivity index (χ1) is 8.66. The van der Waals surface area contributed by atoms with Crippen LogP contribution in [0.2, 0.25) is 0 Å². The van der Waals surface area contributed by atoms with Crippen LogP contribution < -0.4 is 16.4 Å². The van der Waals surface area contributed by atoms with Gasteiger partial charge in [0.1, 0.15) is 5.82 Å². The second-order valence-corrected chi connectivity index (χ2v) is 3.50. The van der Waals surface area contributed by atoms with E-state index in [0.717, 1.165) is 0 Å². The molecule has 0 aliphatic heterocycles. The number of hydrogen-bond acceptors (Lipinski definition) is 3. The van der Waals surface area contributed by atoms with Crippen LogP contribution in [0.4, 0.5) is 26.4 Å². The predicted octanol–water partition coefficient (Wildman–Crippen LogP) is 2.45. The molecule has 0 unspecified atom stereocenters. The maximum absolute atomic E-state index is 13.3. The second kappa shape index (κ2) is 5.13. The van der Waals surface area contributed by atoms with E-state index in [1.807, 2.05) is 0 Å². The molecule has 0 bridgehead atoms. The van der Waals surface area contributed by atoms with Gasteiger partial charge in [0.15, 0.2) is 5.82 Å². The third kappa shape index (κ3) is 2.73. The summed E-state index contributed by atoms with van der Waals surface area (Å²) in [6, 6.07) is 8.51. The highest BCUT2D eigenvalue weighted by Gasteiger charge is 2.08. The van der Waals surface area contributed by atoms with Crippen LogP contribution in [0.1, 0.15) is 0 Å². The first-order valence-electron chi connectivity index (χ1n) is 5.20. The number of benzene rings is 1. The quantitative estimate of drug-likeness (QED) is 0.761. The first-order valence-corrected chi connectivity index (χ1v) is 5.20. The Balaban J connectivity index is 2.06. The Bertz CT molecular complexity index is 524. The summed E-state index contributed by atoms with van der Waals surface area (Å²) in [5.41, 5.74) is 6.03. The molecule has 0 aliphatic rings. The van der Waals surface area contributed by atoms with Gasteiger partial charge >= 0.3 is 6.03 Å². The number of urea groups is 1. The maximum Gasteiger partial charge on any atom is 0.324 e. The zero-order chi connectivity index (χ0) is 13.0. The standard InChI is InChI=1S/C12H11FN4O/c13-8-4-1-2-6-10(8)16-12(18)17-11-9(14)5-3-7-15-11/h1-7H,14H2,(H2,15,16,17,18). The van der Waals surface area contributed by atoms with Crippen molar-refractivity contribution in [1.82, 2.24) is 4.98 Å². The number of aromatic nitrogens is 1. The number of nitrogens with two attached hydrogens (primary N) is 1. The van der Waals surface area contributed by atoms with Gasteiger partial charge < -0.3 is 11.1 Å². The van der Waals surface area contributed by atoms with Gasteiger partial charge in [0.05, 0.1) is 11.4 Å². The van der Waals surface area contributed by atoms with Crippen LogP contribution in [0.5, 0.6) is 0 Å². The van der Waals surface area contributed by atoms with Crippen molar-refractivity contribution >= 4 is 23.2 Å². The van der Waals surface area contributed by atoms with Crippen molar-refractivity contribution in [2.45, 2.75) is 0 Å². The fraction of sp³-hybridized carbons (Fsp3) is 0. The Morgan fingerprint density at radius 2 is 1.94 bits per heavy atom. The van der Waals surface area contributed by atoms with Gasteiger partial charge in [-0.05, 0) is 24.3 Å². The van der Waals surface area contributed by atoms with Gasteiger partial charge in [-0.15, -0.1) is 0 Å². The van der Waals surface area contributed by atoms with Gasteiger partial charge in [0.2, 0.25) is 0 Å². The number of pyridine rings is 1. The summed E-state index contributed by atoms with van der Waals surface area (Å²) in [7, 11) is 0. The number of rotatable bonds is 2. The molecule has 1 aromatic carbocycles. The lowest BCUT2D eigenvalue weighted by Crippen LogP contribution is -2.21. The number of carbonyl (C=O) groups is 1. The molecule has 18 heavy (non-hydrogen) atoms. The van der Waals surface area contributed by atoms with Crippen molar-refractivity contribution in [2.75, 3.05) is 16.4 Å². The number of nitrogens with zero attached hydrogens (tertiary/aromatic N) is 1. The third-order valence-corrected chi connectivity index (χ3v) is 2.19. The normalized spacial score (nSPS) is 9.83. The molecular formula is C12H11FN4O. The van der Waals surface area contributed by atoms with E-state index >= 15 is 0 Å². The van der Waals surface area contributed by atoms with Crippen LogP contribution in [0.25, 0.3) is 0 Å². The number of para-hydroxylation sites is 1. The molecule has 2 rings (SSSR count). The zero-order valence-corrected chi connectivity index (χ0v) is 9.35. The molecule has 1 aromatic heterocycles. The molecule has 92 valence electrons.